The molecule has 35 heavy (non-hydrogen) atoms. The van der Waals surface area contributed by atoms with E-state index < -0.39 is 12.6 Å². The van der Waals surface area contributed by atoms with Crippen LogP contribution in [0, 0.1) is 6.92 Å². The van der Waals surface area contributed by atoms with E-state index in [9.17, 15) is 9.59 Å². The van der Waals surface area contributed by atoms with Crippen LogP contribution in [0.2, 0.25) is 0 Å². The summed E-state index contributed by atoms with van der Waals surface area (Å²) in [5.74, 6) is -1.11. The molecular formula is C27H22BrN3O4. The van der Waals surface area contributed by atoms with Gasteiger partial charge < -0.3 is 14.4 Å². The van der Waals surface area contributed by atoms with Gasteiger partial charge in [0.25, 0.3) is 5.91 Å². The molecule has 0 spiro atoms. The number of carbonyl (C=O) groups is 2. The second-order valence-corrected chi connectivity index (χ2v) is 8.59. The molecule has 0 saturated carbocycles. The van der Waals surface area contributed by atoms with Gasteiger partial charge in [-0.2, -0.15) is 5.10 Å². The van der Waals surface area contributed by atoms with Crippen molar-refractivity contribution in [2.24, 2.45) is 5.10 Å². The topological polar surface area (TPSA) is 92.9 Å². The average Bonchev–Trinajstić information content (AvgIpc) is 3.25. The summed E-state index contributed by atoms with van der Waals surface area (Å²) >= 11 is 3.36. The number of hydrogen-bond acceptors (Lipinski definition) is 4. The van der Waals surface area contributed by atoms with Crippen molar-refractivity contribution in [3.63, 3.8) is 0 Å². The third kappa shape index (κ3) is 5.85. The summed E-state index contributed by atoms with van der Waals surface area (Å²) in [6, 6.07) is 26.6. The van der Waals surface area contributed by atoms with Crippen LogP contribution < -0.4 is 10.2 Å². The number of halogens is 1. The first kappa shape index (κ1) is 24.0. The molecule has 0 aliphatic rings. The van der Waals surface area contributed by atoms with Crippen molar-refractivity contribution in [1.82, 2.24) is 9.99 Å². The van der Waals surface area contributed by atoms with Crippen molar-refractivity contribution in [3.8, 4) is 22.7 Å². The van der Waals surface area contributed by atoms with Crippen molar-refractivity contribution in [2.75, 3.05) is 6.61 Å². The summed E-state index contributed by atoms with van der Waals surface area (Å²) < 4.78 is 8.17. The lowest BCUT2D eigenvalue weighted by molar-refractivity contribution is -0.139. The first-order chi connectivity index (χ1) is 16.9. The molecule has 4 aromatic rings. The van der Waals surface area contributed by atoms with Gasteiger partial charge in [0.05, 0.1) is 11.9 Å². The van der Waals surface area contributed by atoms with E-state index in [1.165, 1.54) is 6.21 Å². The van der Waals surface area contributed by atoms with Gasteiger partial charge in [-0.05, 0) is 67.1 Å². The lowest BCUT2D eigenvalue weighted by atomic mass is 10.1. The summed E-state index contributed by atoms with van der Waals surface area (Å²) in [5, 5.41) is 12.8. The summed E-state index contributed by atoms with van der Waals surface area (Å²) in [7, 11) is 0. The number of aryl methyl sites for hydroxylation is 1. The maximum atomic E-state index is 12.6. The molecule has 7 nitrogen and oxygen atoms in total. The van der Waals surface area contributed by atoms with Crippen LogP contribution in [0.15, 0.2) is 94.5 Å². The van der Waals surface area contributed by atoms with Crippen LogP contribution in [-0.2, 0) is 4.79 Å². The third-order valence-electron chi connectivity index (χ3n) is 5.23. The Hall–Kier alpha value is -4.17. The second-order valence-electron chi connectivity index (χ2n) is 7.67. The smallest absolute Gasteiger partial charge is 0.341 e. The fraction of sp³-hybridized carbons (Fsp3) is 0.0741. The van der Waals surface area contributed by atoms with Gasteiger partial charge in [0, 0.05) is 27.0 Å². The largest absolute Gasteiger partial charge is 0.481 e. The first-order valence-corrected chi connectivity index (χ1v) is 11.5. The predicted octanol–water partition coefficient (Wildman–Crippen LogP) is 5.44. The van der Waals surface area contributed by atoms with Crippen LogP contribution in [0.3, 0.4) is 0 Å². The van der Waals surface area contributed by atoms with Gasteiger partial charge in [-0.15, -0.1) is 0 Å². The van der Waals surface area contributed by atoms with E-state index in [4.69, 9.17) is 9.84 Å². The van der Waals surface area contributed by atoms with Gasteiger partial charge in [-0.3, -0.25) is 4.79 Å². The number of aliphatic carboxylic acids is 1. The summed E-state index contributed by atoms with van der Waals surface area (Å²) in [6.45, 7) is 1.56. The van der Waals surface area contributed by atoms with Gasteiger partial charge in [-0.25, -0.2) is 10.2 Å². The number of benzene rings is 3. The van der Waals surface area contributed by atoms with Crippen molar-refractivity contribution >= 4 is 34.0 Å². The minimum absolute atomic E-state index is 0.342. The Morgan fingerprint density at radius 2 is 1.77 bits per heavy atom. The van der Waals surface area contributed by atoms with Crippen LogP contribution in [0.25, 0.3) is 16.9 Å². The van der Waals surface area contributed by atoms with Crippen molar-refractivity contribution in [1.29, 1.82) is 0 Å². The van der Waals surface area contributed by atoms with Gasteiger partial charge >= 0.3 is 5.97 Å². The molecule has 0 fully saturated rings. The molecule has 1 aromatic heterocycles. The van der Waals surface area contributed by atoms with Crippen LogP contribution in [0.5, 0.6) is 5.75 Å². The van der Waals surface area contributed by atoms with E-state index >= 15 is 0 Å². The molecule has 176 valence electrons. The van der Waals surface area contributed by atoms with Crippen LogP contribution in [0.4, 0.5) is 0 Å². The number of ether oxygens (including phenoxy) is 1. The Kier molecular flexibility index (Phi) is 7.42. The van der Waals surface area contributed by atoms with E-state index in [1.54, 1.807) is 30.3 Å². The molecule has 0 saturated heterocycles. The lowest BCUT2D eigenvalue weighted by Crippen LogP contribution is -2.17. The first-order valence-electron chi connectivity index (χ1n) is 10.7. The zero-order valence-corrected chi connectivity index (χ0v) is 20.4. The molecule has 0 aliphatic carbocycles. The van der Waals surface area contributed by atoms with Crippen molar-refractivity contribution in [2.45, 2.75) is 6.92 Å². The molecule has 0 radical (unpaired) electrons. The molecule has 3 aromatic carbocycles. The normalized spacial score (nSPS) is 10.9. The lowest BCUT2D eigenvalue weighted by Gasteiger charge is -2.12. The molecular weight excluding hydrogens is 510 g/mol. The van der Waals surface area contributed by atoms with Gasteiger partial charge in [0.2, 0.25) is 0 Å². The van der Waals surface area contributed by atoms with Crippen LogP contribution in [-0.4, -0.2) is 34.4 Å². The molecule has 4 rings (SSSR count). The zero-order chi connectivity index (χ0) is 24.8. The summed E-state index contributed by atoms with van der Waals surface area (Å²) in [4.78, 5) is 23.4. The Morgan fingerprint density at radius 3 is 2.49 bits per heavy atom. The number of rotatable bonds is 8. The molecule has 0 bridgehead atoms. The van der Waals surface area contributed by atoms with E-state index in [0.717, 1.165) is 27.1 Å². The standard InChI is InChI=1S/C27H22BrN3O4/c1-18-7-13-24(19-5-3-2-4-6-19)31(18)23-11-8-20(9-12-23)27(34)30-29-16-21-15-22(28)10-14-25(21)35-17-26(32)33/h2-16H,17H2,1H3,(H,30,34)(H,32,33)/b29-16+. The predicted molar refractivity (Wildman–Crippen MR) is 138 cm³/mol. The minimum atomic E-state index is -1.08. The quantitative estimate of drug-likeness (QED) is 0.234. The van der Waals surface area contributed by atoms with E-state index in [0.29, 0.717) is 16.9 Å². The van der Waals surface area contributed by atoms with Gasteiger partial charge in [0.15, 0.2) is 6.61 Å². The highest BCUT2D eigenvalue weighted by Crippen LogP contribution is 2.26. The number of carboxylic acid groups (broad SMARTS) is 1. The summed E-state index contributed by atoms with van der Waals surface area (Å²) in [5.41, 5.74) is 7.68. The maximum Gasteiger partial charge on any atom is 0.341 e. The molecule has 2 N–H and O–H groups in total. The Balaban J connectivity index is 1.48. The highest BCUT2D eigenvalue weighted by molar-refractivity contribution is 9.10. The number of nitrogens with one attached hydrogen (secondary N) is 1. The molecule has 8 heteroatoms. The summed E-state index contributed by atoms with van der Waals surface area (Å²) in [6.07, 6.45) is 1.41. The molecule has 0 unspecified atom stereocenters. The average molecular weight is 532 g/mol. The highest BCUT2D eigenvalue weighted by atomic mass is 79.9. The maximum absolute atomic E-state index is 12.6. The fourth-order valence-corrected chi connectivity index (χ4v) is 3.97. The second kappa shape index (κ2) is 10.8. The van der Waals surface area contributed by atoms with Crippen molar-refractivity contribution in [3.05, 3.63) is 106 Å². The molecule has 0 aliphatic heterocycles. The van der Waals surface area contributed by atoms with E-state index in [2.05, 4.69) is 55.3 Å². The monoisotopic (exact) mass is 531 g/mol. The fourth-order valence-electron chi connectivity index (χ4n) is 3.59. The van der Waals surface area contributed by atoms with E-state index in [1.807, 2.05) is 37.3 Å². The minimum Gasteiger partial charge on any atom is -0.481 e. The highest BCUT2D eigenvalue weighted by Gasteiger charge is 2.11. The van der Waals surface area contributed by atoms with Gasteiger partial charge in [0.1, 0.15) is 5.75 Å². The molecule has 1 amide bonds. The number of amides is 1. The zero-order valence-electron chi connectivity index (χ0n) is 18.8. The van der Waals surface area contributed by atoms with Crippen molar-refractivity contribution < 1.29 is 19.4 Å². The Morgan fingerprint density at radius 1 is 1.03 bits per heavy atom. The number of aromatic nitrogens is 1. The molecule has 0 atom stereocenters. The number of carboxylic acids is 1. The Bertz CT molecular complexity index is 1380. The number of hydrazone groups is 1. The SMILES string of the molecule is Cc1ccc(-c2ccccc2)n1-c1ccc(C(=O)N/N=C/c2cc(Br)ccc2OCC(=O)O)cc1. The molecule has 1 heterocycles. The van der Waals surface area contributed by atoms with Gasteiger partial charge in [-0.1, -0.05) is 46.3 Å². The number of carbonyl (C=O) groups excluding carboxylic acids is 1. The number of nitrogens with zero attached hydrogens (tertiary/aromatic N) is 2. The Labute approximate surface area is 210 Å². The van der Waals surface area contributed by atoms with E-state index in [-0.39, 0.29) is 5.91 Å². The number of hydrogen-bond donors (Lipinski definition) is 2. The van der Waals surface area contributed by atoms with Crippen LogP contribution in [0.1, 0.15) is 21.6 Å². The third-order valence-corrected chi connectivity index (χ3v) is 5.72. The van der Waals surface area contributed by atoms with Crippen LogP contribution >= 0.6 is 15.9 Å².